The van der Waals surface area contributed by atoms with E-state index in [2.05, 4.69) is 50.8 Å². The zero-order valence-electron chi connectivity index (χ0n) is 10.4. The molecule has 18 heavy (non-hydrogen) atoms. The second-order valence-electron chi connectivity index (χ2n) is 4.33. The third kappa shape index (κ3) is 2.98. The lowest BCUT2D eigenvalue weighted by Crippen LogP contribution is -2.30. The van der Waals surface area contributed by atoms with Gasteiger partial charge in [-0.05, 0) is 52.4 Å². The number of aryl methyl sites for hydroxylation is 2. The van der Waals surface area contributed by atoms with Crippen molar-refractivity contribution in [3.63, 3.8) is 0 Å². The van der Waals surface area contributed by atoms with Crippen LogP contribution in [0.1, 0.15) is 27.7 Å². The molecule has 0 saturated carbocycles. The van der Waals surface area contributed by atoms with E-state index in [4.69, 9.17) is 5.84 Å². The van der Waals surface area contributed by atoms with Gasteiger partial charge in [-0.2, -0.15) is 0 Å². The first-order chi connectivity index (χ1) is 8.61. The second kappa shape index (κ2) is 5.93. The van der Waals surface area contributed by atoms with Crippen molar-refractivity contribution >= 4 is 27.3 Å². The van der Waals surface area contributed by atoms with Gasteiger partial charge in [-0.1, -0.05) is 6.07 Å². The minimum Gasteiger partial charge on any atom is -0.271 e. The molecule has 0 aromatic carbocycles. The minimum absolute atomic E-state index is 0.0422. The van der Waals surface area contributed by atoms with Crippen LogP contribution >= 0.6 is 27.3 Å². The van der Waals surface area contributed by atoms with Crippen molar-refractivity contribution in [1.29, 1.82) is 0 Å². The van der Waals surface area contributed by atoms with Crippen molar-refractivity contribution in [2.24, 2.45) is 5.84 Å². The summed E-state index contributed by atoms with van der Waals surface area (Å²) in [5, 5.41) is 2.07. The Morgan fingerprint density at radius 1 is 1.50 bits per heavy atom. The number of hydrazine groups is 1. The lowest BCUT2D eigenvalue weighted by molar-refractivity contribution is 0.538. The van der Waals surface area contributed by atoms with Crippen LogP contribution in [0.2, 0.25) is 0 Å². The Kier molecular flexibility index (Phi) is 4.50. The lowest BCUT2D eigenvalue weighted by Gasteiger charge is -2.17. The molecule has 0 aliphatic heterocycles. The molecule has 0 bridgehead atoms. The second-order valence-corrected chi connectivity index (χ2v) is 6.18. The van der Waals surface area contributed by atoms with Gasteiger partial charge in [-0.25, -0.2) is 0 Å². The van der Waals surface area contributed by atoms with E-state index >= 15 is 0 Å². The highest BCUT2D eigenvalue weighted by Gasteiger charge is 2.16. The minimum atomic E-state index is 0.0422. The van der Waals surface area contributed by atoms with Crippen LogP contribution in [0.15, 0.2) is 28.2 Å². The van der Waals surface area contributed by atoms with Crippen molar-refractivity contribution in [3.8, 4) is 0 Å². The number of pyridine rings is 1. The third-order valence-electron chi connectivity index (χ3n) is 2.87. The maximum Gasteiger partial charge on any atom is 0.0683 e. The number of aromatic nitrogens is 1. The Balaban J connectivity index is 2.26. The number of nitrogens with zero attached hydrogens (tertiary/aromatic N) is 1. The van der Waals surface area contributed by atoms with E-state index in [-0.39, 0.29) is 6.04 Å². The molecule has 0 amide bonds. The fourth-order valence-electron chi connectivity index (χ4n) is 1.98. The summed E-state index contributed by atoms with van der Waals surface area (Å²) < 4.78 is 1.14. The van der Waals surface area contributed by atoms with Crippen LogP contribution in [0.5, 0.6) is 0 Å². The summed E-state index contributed by atoms with van der Waals surface area (Å²) >= 11 is 5.27. The Morgan fingerprint density at radius 3 is 2.83 bits per heavy atom. The highest BCUT2D eigenvalue weighted by Crippen LogP contribution is 2.28. The van der Waals surface area contributed by atoms with Gasteiger partial charge in [-0.15, -0.1) is 11.3 Å². The monoisotopic (exact) mass is 325 g/mol. The highest BCUT2D eigenvalue weighted by molar-refractivity contribution is 9.10. The quantitative estimate of drug-likeness (QED) is 0.670. The number of hydrogen-bond acceptors (Lipinski definition) is 4. The topological polar surface area (TPSA) is 50.9 Å². The summed E-state index contributed by atoms with van der Waals surface area (Å²) in [4.78, 5) is 5.78. The highest BCUT2D eigenvalue weighted by atomic mass is 79.9. The summed E-state index contributed by atoms with van der Waals surface area (Å²) in [5.74, 6) is 5.68. The largest absolute Gasteiger partial charge is 0.271 e. The number of halogens is 1. The number of nitrogens with one attached hydrogen (secondary N) is 1. The van der Waals surface area contributed by atoms with E-state index in [0.29, 0.717) is 0 Å². The molecule has 96 valence electrons. The summed E-state index contributed by atoms with van der Waals surface area (Å²) in [7, 11) is 0. The van der Waals surface area contributed by atoms with Crippen LogP contribution < -0.4 is 11.3 Å². The fourth-order valence-corrected chi connectivity index (χ4v) is 3.54. The smallest absolute Gasteiger partial charge is 0.0683 e. The zero-order valence-corrected chi connectivity index (χ0v) is 12.8. The number of thiophene rings is 1. The van der Waals surface area contributed by atoms with Crippen molar-refractivity contribution in [3.05, 3.63) is 49.9 Å². The van der Waals surface area contributed by atoms with Crippen molar-refractivity contribution in [2.45, 2.75) is 26.3 Å². The van der Waals surface area contributed by atoms with Crippen molar-refractivity contribution in [1.82, 2.24) is 10.4 Å². The molecule has 2 aromatic rings. The van der Waals surface area contributed by atoms with Gasteiger partial charge in [0.25, 0.3) is 0 Å². The fraction of sp³-hybridized carbons (Fsp3) is 0.308. The van der Waals surface area contributed by atoms with E-state index in [9.17, 15) is 0 Å². The average Bonchev–Trinajstić information content (AvgIpc) is 2.73. The Labute approximate surface area is 120 Å². The first-order valence-electron chi connectivity index (χ1n) is 5.73. The Hall–Kier alpha value is -0.750. The van der Waals surface area contributed by atoms with Crippen LogP contribution in [-0.2, 0) is 6.42 Å². The van der Waals surface area contributed by atoms with Gasteiger partial charge < -0.3 is 0 Å². The van der Waals surface area contributed by atoms with Gasteiger partial charge in [0.15, 0.2) is 0 Å². The number of nitrogens with two attached hydrogens (primary N) is 1. The molecule has 1 unspecified atom stereocenters. The average molecular weight is 326 g/mol. The lowest BCUT2D eigenvalue weighted by atomic mass is 10.0. The van der Waals surface area contributed by atoms with Gasteiger partial charge in [0.05, 0.1) is 11.7 Å². The van der Waals surface area contributed by atoms with Crippen LogP contribution in [-0.4, -0.2) is 4.98 Å². The summed E-state index contributed by atoms with van der Waals surface area (Å²) in [6.07, 6.45) is 2.72. The van der Waals surface area contributed by atoms with Crippen LogP contribution in [0.3, 0.4) is 0 Å². The molecule has 2 heterocycles. The Bertz CT molecular complexity index is 539. The molecule has 3 N–H and O–H groups in total. The normalized spacial score (nSPS) is 12.7. The maximum atomic E-state index is 5.68. The number of rotatable bonds is 4. The first kappa shape index (κ1) is 13.7. The molecule has 3 nitrogen and oxygen atoms in total. The number of hydrogen-bond donors (Lipinski definition) is 2. The van der Waals surface area contributed by atoms with Gasteiger partial charge in [0.2, 0.25) is 0 Å². The maximum absolute atomic E-state index is 5.68. The first-order valence-corrected chi connectivity index (χ1v) is 7.40. The standard InChI is InChI=1S/C13H16BrN3S/c1-8-5-9(2)13(16-7-8)11(17-15)6-12-10(14)3-4-18-12/h3-5,7,11,17H,6,15H2,1-2H3. The Morgan fingerprint density at radius 2 is 2.28 bits per heavy atom. The molecule has 1 atom stereocenters. The third-order valence-corrected chi connectivity index (χ3v) is 4.82. The van der Waals surface area contributed by atoms with Crippen LogP contribution in [0.25, 0.3) is 0 Å². The molecular weight excluding hydrogens is 310 g/mol. The van der Waals surface area contributed by atoms with Crippen molar-refractivity contribution < 1.29 is 0 Å². The zero-order chi connectivity index (χ0) is 13.1. The molecule has 2 aromatic heterocycles. The van der Waals surface area contributed by atoms with E-state index in [1.54, 1.807) is 11.3 Å². The van der Waals surface area contributed by atoms with E-state index in [0.717, 1.165) is 16.6 Å². The summed E-state index contributed by atoms with van der Waals surface area (Å²) in [5.41, 5.74) is 6.23. The van der Waals surface area contributed by atoms with Crippen LogP contribution in [0.4, 0.5) is 0 Å². The molecule has 0 radical (unpaired) electrons. The molecule has 0 spiro atoms. The predicted molar refractivity (Wildman–Crippen MR) is 79.5 cm³/mol. The molecule has 0 fully saturated rings. The molecule has 5 heteroatoms. The summed E-state index contributed by atoms with van der Waals surface area (Å²) in [6, 6.07) is 4.24. The van der Waals surface area contributed by atoms with Crippen molar-refractivity contribution in [2.75, 3.05) is 0 Å². The van der Waals surface area contributed by atoms with Gasteiger partial charge in [-0.3, -0.25) is 16.3 Å². The molecule has 0 aliphatic rings. The molecule has 2 rings (SSSR count). The SMILES string of the molecule is Cc1cnc(C(Cc2sccc2Br)NN)c(C)c1. The molecule has 0 aliphatic carbocycles. The predicted octanol–water partition coefficient (Wildman–Crippen LogP) is 3.27. The van der Waals surface area contributed by atoms with Crippen LogP contribution in [0, 0.1) is 13.8 Å². The van der Waals surface area contributed by atoms with E-state index < -0.39 is 0 Å². The van der Waals surface area contributed by atoms with Gasteiger partial charge >= 0.3 is 0 Å². The van der Waals surface area contributed by atoms with Gasteiger partial charge in [0, 0.05) is 22.0 Å². The summed E-state index contributed by atoms with van der Waals surface area (Å²) in [6.45, 7) is 4.12. The van der Waals surface area contributed by atoms with E-state index in [1.165, 1.54) is 16.0 Å². The van der Waals surface area contributed by atoms with Gasteiger partial charge in [0.1, 0.15) is 0 Å². The van der Waals surface area contributed by atoms with E-state index in [1.807, 2.05) is 13.1 Å². The molecular formula is C13H16BrN3S. The molecule has 0 saturated heterocycles.